The largest absolute Gasteiger partial charge is 0.398 e. The molecule has 0 bridgehead atoms. The van der Waals surface area contributed by atoms with Gasteiger partial charge in [-0.2, -0.15) is 0 Å². The number of halogens is 2. The van der Waals surface area contributed by atoms with Gasteiger partial charge >= 0.3 is 0 Å². The molecule has 3 N–H and O–H groups in total. The fourth-order valence-corrected chi connectivity index (χ4v) is 2.58. The van der Waals surface area contributed by atoms with Crippen molar-refractivity contribution in [1.29, 1.82) is 0 Å². The summed E-state index contributed by atoms with van der Waals surface area (Å²) in [6, 6.07) is 10.2. The van der Waals surface area contributed by atoms with E-state index in [0.717, 1.165) is 30.0 Å². The molecule has 0 fully saturated rings. The Morgan fingerprint density at radius 2 is 1.89 bits per heavy atom. The normalized spacial score (nSPS) is 12.4. The highest BCUT2D eigenvalue weighted by molar-refractivity contribution is 7.99. The Balaban J connectivity index is 2.06. The molecule has 2 nitrogen and oxygen atoms in total. The smallest absolute Gasteiger partial charge is 0.136 e. The van der Waals surface area contributed by atoms with Gasteiger partial charge in [-0.05, 0) is 24.3 Å². The second-order valence-corrected chi connectivity index (χ2v) is 5.09. The van der Waals surface area contributed by atoms with Gasteiger partial charge in [-0.1, -0.05) is 18.2 Å². The van der Waals surface area contributed by atoms with Gasteiger partial charge in [-0.15, -0.1) is 11.8 Å². The lowest BCUT2D eigenvalue weighted by Crippen LogP contribution is -2.04. The molecule has 1 atom stereocenters. The Hall–Kier alpha value is -1.59. The molecular formula is C14H13F2NOS. The second kappa shape index (κ2) is 6.04. The van der Waals surface area contributed by atoms with Gasteiger partial charge in [0, 0.05) is 21.9 Å². The van der Waals surface area contributed by atoms with Gasteiger partial charge in [0.2, 0.25) is 0 Å². The van der Waals surface area contributed by atoms with Crippen LogP contribution in [0.5, 0.6) is 0 Å². The van der Waals surface area contributed by atoms with Crippen LogP contribution in [-0.2, 0) is 0 Å². The number of para-hydroxylation sites is 1. The first-order valence-electron chi connectivity index (χ1n) is 5.68. The van der Waals surface area contributed by atoms with Crippen molar-refractivity contribution in [2.75, 3.05) is 11.5 Å². The molecule has 5 heteroatoms. The quantitative estimate of drug-likeness (QED) is 0.667. The third kappa shape index (κ3) is 3.45. The number of anilines is 1. The Labute approximate surface area is 114 Å². The van der Waals surface area contributed by atoms with Crippen molar-refractivity contribution in [2.45, 2.75) is 11.0 Å². The Morgan fingerprint density at radius 1 is 1.16 bits per heavy atom. The molecular weight excluding hydrogens is 268 g/mol. The van der Waals surface area contributed by atoms with Gasteiger partial charge in [0.05, 0.1) is 6.10 Å². The molecule has 0 heterocycles. The minimum Gasteiger partial charge on any atom is -0.398 e. The van der Waals surface area contributed by atoms with E-state index in [2.05, 4.69) is 0 Å². The fraction of sp³-hybridized carbons (Fsp3) is 0.143. The maximum atomic E-state index is 13.4. The Bertz CT molecular complexity index is 577. The number of aliphatic hydroxyl groups excluding tert-OH is 1. The van der Waals surface area contributed by atoms with E-state index in [-0.39, 0.29) is 10.6 Å². The Morgan fingerprint density at radius 3 is 2.63 bits per heavy atom. The van der Waals surface area contributed by atoms with E-state index in [4.69, 9.17) is 5.73 Å². The van der Waals surface area contributed by atoms with Crippen molar-refractivity contribution in [3.05, 3.63) is 59.7 Å². The standard InChI is InChI=1S/C14H13F2NOS/c15-9-5-6-11(16)14(7-9)19-8-13(18)10-3-1-2-4-12(10)17/h1-7,13,18H,8,17H2. The summed E-state index contributed by atoms with van der Waals surface area (Å²) in [6.45, 7) is 0. The van der Waals surface area contributed by atoms with Crippen LogP contribution in [0.2, 0.25) is 0 Å². The van der Waals surface area contributed by atoms with Gasteiger partial charge in [0.25, 0.3) is 0 Å². The average Bonchev–Trinajstić information content (AvgIpc) is 2.40. The summed E-state index contributed by atoms with van der Waals surface area (Å²) in [7, 11) is 0. The molecule has 2 aromatic carbocycles. The Kier molecular flexibility index (Phi) is 4.39. The highest BCUT2D eigenvalue weighted by Gasteiger charge is 2.13. The number of hydrogen-bond donors (Lipinski definition) is 2. The SMILES string of the molecule is Nc1ccccc1C(O)CSc1cc(F)ccc1F. The second-order valence-electron chi connectivity index (χ2n) is 4.03. The minimum atomic E-state index is -0.825. The molecule has 19 heavy (non-hydrogen) atoms. The lowest BCUT2D eigenvalue weighted by Gasteiger charge is -2.13. The van der Waals surface area contributed by atoms with Crippen LogP contribution in [-0.4, -0.2) is 10.9 Å². The van der Waals surface area contributed by atoms with Gasteiger partial charge in [0.15, 0.2) is 0 Å². The monoisotopic (exact) mass is 281 g/mol. The summed E-state index contributed by atoms with van der Waals surface area (Å²) in [5, 5.41) is 10.0. The summed E-state index contributed by atoms with van der Waals surface area (Å²) in [6.07, 6.45) is -0.825. The zero-order valence-corrected chi connectivity index (χ0v) is 10.8. The van der Waals surface area contributed by atoms with Crippen molar-refractivity contribution in [3.63, 3.8) is 0 Å². The third-order valence-corrected chi connectivity index (χ3v) is 3.75. The number of nitrogens with two attached hydrogens (primary N) is 1. The zero-order valence-electron chi connectivity index (χ0n) is 10.0. The van der Waals surface area contributed by atoms with Gasteiger partial charge in [0.1, 0.15) is 11.6 Å². The third-order valence-electron chi connectivity index (χ3n) is 2.64. The lowest BCUT2D eigenvalue weighted by molar-refractivity contribution is 0.205. The van der Waals surface area contributed by atoms with E-state index in [0.29, 0.717) is 11.3 Å². The van der Waals surface area contributed by atoms with E-state index >= 15 is 0 Å². The van der Waals surface area contributed by atoms with Crippen LogP contribution >= 0.6 is 11.8 Å². The van der Waals surface area contributed by atoms with Crippen LogP contribution in [0, 0.1) is 11.6 Å². The maximum absolute atomic E-state index is 13.4. The van der Waals surface area contributed by atoms with Crippen molar-refractivity contribution < 1.29 is 13.9 Å². The highest BCUT2D eigenvalue weighted by atomic mass is 32.2. The molecule has 0 aliphatic rings. The fourth-order valence-electron chi connectivity index (χ4n) is 1.66. The first-order chi connectivity index (χ1) is 9.08. The van der Waals surface area contributed by atoms with Crippen LogP contribution in [0.25, 0.3) is 0 Å². The number of thioether (sulfide) groups is 1. The first kappa shape index (κ1) is 13.8. The molecule has 1 unspecified atom stereocenters. The summed E-state index contributed by atoms with van der Waals surface area (Å²) in [5.74, 6) is -0.800. The van der Waals surface area contributed by atoms with Gasteiger partial charge in [-0.3, -0.25) is 0 Å². The zero-order chi connectivity index (χ0) is 13.8. The van der Waals surface area contributed by atoms with Crippen LogP contribution in [0.1, 0.15) is 11.7 Å². The molecule has 0 saturated carbocycles. The van der Waals surface area contributed by atoms with E-state index in [1.165, 1.54) is 0 Å². The summed E-state index contributed by atoms with van der Waals surface area (Å²) in [5.41, 5.74) is 6.81. The number of rotatable bonds is 4. The predicted molar refractivity (Wildman–Crippen MR) is 72.9 cm³/mol. The molecule has 0 aliphatic heterocycles. The lowest BCUT2D eigenvalue weighted by atomic mass is 10.1. The van der Waals surface area contributed by atoms with Crippen LogP contribution < -0.4 is 5.73 Å². The van der Waals surface area contributed by atoms with Crippen molar-refractivity contribution in [1.82, 2.24) is 0 Å². The average molecular weight is 281 g/mol. The first-order valence-corrected chi connectivity index (χ1v) is 6.67. The molecule has 0 amide bonds. The molecule has 0 saturated heterocycles. The van der Waals surface area contributed by atoms with Gasteiger partial charge < -0.3 is 10.8 Å². The van der Waals surface area contributed by atoms with Crippen LogP contribution in [0.15, 0.2) is 47.4 Å². The van der Waals surface area contributed by atoms with Crippen molar-refractivity contribution in [3.8, 4) is 0 Å². The molecule has 100 valence electrons. The van der Waals surface area contributed by atoms with Crippen LogP contribution in [0.4, 0.5) is 14.5 Å². The van der Waals surface area contributed by atoms with E-state index in [1.54, 1.807) is 24.3 Å². The molecule has 0 radical (unpaired) electrons. The summed E-state index contributed by atoms with van der Waals surface area (Å²) >= 11 is 1.05. The van der Waals surface area contributed by atoms with E-state index in [9.17, 15) is 13.9 Å². The van der Waals surface area contributed by atoms with E-state index < -0.39 is 17.7 Å². The van der Waals surface area contributed by atoms with Crippen molar-refractivity contribution in [2.24, 2.45) is 0 Å². The molecule has 0 aliphatic carbocycles. The molecule has 0 spiro atoms. The predicted octanol–water partition coefficient (Wildman–Crippen LogP) is 3.37. The molecule has 0 aromatic heterocycles. The summed E-state index contributed by atoms with van der Waals surface area (Å²) in [4.78, 5) is 0.175. The number of aliphatic hydroxyl groups is 1. The summed E-state index contributed by atoms with van der Waals surface area (Å²) < 4.78 is 26.4. The maximum Gasteiger partial charge on any atom is 0.136 e. The highest BCUT2D eigenvalue weighted by Crippen LogP contribution is 2.29. The minimum absolute atomic E-state index is 0.175. The van der Waals surface area contributed by atoms with Crippen molar-refractivity contribution >= 4 is 17.4 Å². The van der Waals surface area contributed by atoms with E-state index in [1.807, 2.05) is 0 Å². The molecule has 2 aromatic rings. The molecule has 2 rings (SSSR count). The van der Waals surface area contributed by atoms with Crippen LogP contribution in [0.3, 0.4) is 0 Å². The number of benzene rings is 2. The topological polar surface area (TPSA) is 46.2 Å². The van der Waals surface area contributed by atoms with Gasteiger partial charge in [-0.25, -0.2) is 8.78 Å². The number of hydrogen-bond acceptors (Lipinski definition) is 3. The number of nitrogen functional groups attached to an aromatic ring is 1.